The molecule has 4 heteroatoms. The Hall–Kier alpha value is -2.72. The van der Waals surface area contributed by atoms with Crippen LogP contribution in [0.2, 0.25) is 0 Å². The Morgan fingerprint density at radius 2 is 1.48 bits per heavy atom. The lowest BCUT2D eigenvalue weighted by Crippen LogP contribution is -3.06. The molecule has 116 valence electrons. The number of benzene rings is 3. The minimum absolute atomic E-state index is 0.140. The topological polar surface area (TPSA) is 47.6 Å². The van der Waals surface area contributed by atoms with E-state index in [9.17, 15) is 10.1 Å². The molecule has 1 unspecified atom stereocenters. The number of non-ortho nitro benzene ring substituents is 1. The highest BCUT2D eigenvalue weighted by atomic mass is 16.6. The molecule has 1 atom stereocenters. The highest BCUT2D eigenvalue weighted by Gasteiger charge is 2.08. The Labute approximate surface area is 135 Å². The smallest absolute Gasteiger partial charge is 0.269 e. The molecule has 0 amide bonds. The van der Waals surface area contributed by atoms with Crippen molar-refractivity contribution in [3.8, 4) is 0 Å². The highest BCUT2D eigenvalue weighted by molar-refractivity contribution is 5.82. The number of fused-ring (bicyclic) bond motifs is 1. The number of nitro groups is 1. The molecule has 0 aliphatic carbocycles. The van der Waals surface area contributed by atoms with E-state index in [0.717, 1.165) is 18.7 Å². The fraction of sp³-hybridized carbons (Fsp3) is 0.158. The molecule has 0 saturated heterocycles. The average Bonchev–Trinajstić information content (AvgIpc) is 2.55. The van der Waals surface area contributed by atoms with E-state index in [1.165, 1.54) is 21.2 Å². The number of quaternary nitrogens is 1. The second-order valence-electron chi connectivity index (χ2n) is 5.92. The first kappa shape index (κ1) is 15.2. The molecule has 0 heterocycles. The highest BCUT2D eigenvalue weighted by Crippen LogP contribution is 2.15. The molecule has 0 bridgehead atoms. The molecule has 0 aromatic heterocycles. The number of hydrogen-bond acceptors (Lipinski definition) is 2. The van der Waals surface area contributed by atoms with Crippen LogP contribution in [0.4, 0.5) is 5.69 Å². The van der Waals surface area contributed by atoms with Crippen LogP contribution in [-0.4, -0.2) is 12.0 Å². The standard InChI is InChI=1S/C19H18N2O2/c1-20(13-15-7-10-19(11-8-15)21(22)23)14-16-6-9-17-4-2-3-5-18(17)12-16/h2-12H,13-14H2,1H3/p+1. The molecular weight excluding hydrogens is 288 g/mol. The van der Waals surface area contributed by atoms with Crippen LogP contribution < -0.4 is 4.90 Å². The first-order valence-electron chi connectivity index (χ1n) is 7.64. The van der Waals surface area contributed by atoms with E-state index in [0.29, 0.717) is 0 Å². The predicted molar refractivity (Wildman–Crippen MR) is 91.3 cm³/mol. The van der Waals surface area contributed by atoms with E-state index in [4.69, 9.17) is 0 Å². The summed E-state index contributed by atoms with van der Waals surface area (Å²) in [6, 6.07) is 21.7. The summed E-state index contributed by atoms with van der Waals surface area (Å²) in [6.45, 7) is 1.76. The first-order valence-corrected chi connectivity index (χ1v) is 7.64. The van der Waals surface area contributed by atoms with Gasteiger partial charge in [0.05, 0.1) is 12.0 Å². The van der Waals surface area contributed by atoms with Crippen LogP contribution in [-0.2, 0) is 13.1 Å². The van der Waals surface area contributed by atoms with Gasteiger partial charge in [0.1, 0.15) is 13.1 Å². The van der Waals surface area contributed by atoms with Crippen molar-refractivity contribution in [3.63, 3.8) is 0 Å². The lowest BCUT2D eigenvalue weighted by Gasteiger charge is -2.14. The van der Waals surface area contributed by atoms with Crippen molar-refractivity contribution in [2.24, 2.45) is 0 Å². The maximum absolute atomic E-state index is 10.7. The van der Waals surface area contributed by atoms with Crippen LogP contribution in [0.3, 0.4) is 0 Å². The second-order valence-corrected chi connectivity index (χ2v) is 5.92. The molecule has 0 aliphatic heterocycles. The van der Waals surface area contributed by atoms with E-state index in [1.807, 2.05) is 18.2 Å². The summed E-state index contributed by atoms with van der Waals surface area (Å²) in [4.78, 5) is 11.7. The first-order chi connectivity index (χ1) is 11.1. The van der Waals surface area contributed by atoms with E-state index in [-0.39, 0.29) is 10.6 Å². The van der Waals surface area contributed by atoms with Crippen molar-refractivity contribution < 1.29 is 9.82 Å². The third-order valence-electron chi connectivity index (χ3n) is 3.97. The van der Waals surface area contributed by atoms with Gasteiger partial charge >= 0.3 is 0 Å². The molecule has 0 radical (unpaired) electrons. The molecule has 0 spiro atoms. The van der Waals surface area contributed by atoms with Gasteiger partial charge in [-0.25, -0.2) is 0 Å². The minimum Gasteiger partial charge on any atom is -0.330 e. The van der Waals surface area contributed by atoms with Gasteiger partial charge in [-0.3, -0.25) is 10.1 Å². The van der Waals surface area contributed by atoms with Gasteiger partial charge in [0.15, 0.2) is 0 Å². The minimum atomic E-state index is -0.366. The largest absolute Gasteiger partial charge is 0.330 e. The van der Waals surface area contributed by atoms with Crippen molar-refractivity contribution in [3.05, 3.63) is 88.0 Å². The summed E-state index contributed by atoms with van der Waals surface area (Å²) in [7, 11) is 2.14. The second kappa shape index (κ2) is 6.58. The number of hydrogen-bond donors (Lipinski definition) is 1. The van der Waals surface area contributed by atoms with Gasteiger partial charge in [-0.1, -0.05) is 36.4 Å². The Morgan fingerprint density at radius 1 is 0.870 bits per heavy atom. The van der Waals surface area contributed by atoms with Gasteiger partial charge in [-0.15, -0.1) is 0 Å². The molecule has 3 aromatic rings. The van der Waals surface area contributed by atoms with Crippen molar-refractivity contribution >= 4 is 16.5 Å². The van der Waals surface area contributed by atoms with Crippen molar-refractivity contribution in [1.29, 1.82) is 0 Å². The third-order valence-corrected chi connectivity index (χ3v) is 3.97. The van der Waals surface area contributed by atoms with Crippen molar-refractivity contribution in [2.75, 3.05) is 7.05 Å². The zero-order chi connectivity index (χ0) is 16.2. The number of rotatable bonds is 5. The number of nitrogens with one attached hydrogen (secondary N) is 1. The van der Waals surface area contributed by atoms with Crippen LogP contribution in [0.25, 0.3) is 10.8 Å². The third kappa shape index (κ3) is 3.73. The average molecular weight is 307 g/mol. The summed E-state index contributed by atoms with van der Waals surface area (Å²) >= 11 is 0. The lowest BCUT2D eigenvalue weighted by atomic mass is 10.1. The van der Waals surface area contributed by atoms with Gasteiger partial charge in [0.25, 0.3) is 5.69 Å². The zero-order valence-electron chi connectivity index (χ0n) is 13.0. The van der Waals surface area contributed by atoms with Crippen LogP contribution in [0, 0.1) is 10.1 Å². The molecular formula is C19H19N2O2+. The number of nitrogens with zero attached hydrogens (tertiary/aromatic N) is 1. The quantitative estimate of drug-likeness (QED) is 0.582. The summed E-state index contributed by atoms with van der Waals surface area (Å²) in [6.07, 6.45) is 0. The SMILES string of the molecule is C[NH+](Cc1ccc([N+](=O)[O-])cc1)Cc1ccc2ccccc2c1. The van der Waals surface area contributed by atoms with Crippen LogP contribution in [0.5, 0.6) is 0 Å². The van der Waals surface area contributed by atoms with Crippen LogP contribution in [0.1, 0.15) is 11.1 Å². The Balaban J connectivity index is 1.67. The van der Waals surface area contributed by atoms with Crippen molar-refractivity contribution in [1.82, 2.24) is 0 Å². The van der Waals surface area contributed by atoms with E-state index >= 15 is 0 Å². The fourth-order valence-electron chi connectivity index (χ4n) is 2.84. The molecule has 3 aromatic carbocycles. The Bertz CT molecular complexity index is 828. The van der Waals surface area contributed by atoms with Gasteiger partial charge in [0, 0.05) is 23.3 Å². The molecule has 1 N–H and O–H groups in total. The van der Waals surface area contributed by atoms with Gasteiger partial charge in [0.2, 0.25) is 0 Å². The fourth-order valence-corrected chi connectivity index (χ4v) is 2.84. The van der Waals surface area contributed by atoms with Crippen LogP contribution in [0.15, 0.2) is 66.7 Å². The number of nitro benzene ring substituents is 1. The zero-order valence-corrected chi connectivity index (χ0v) is 13.0. The van der Waals surface area contributed by atoms with Gasteiger partial charge in [-0.2, -0.15) is 0 Å². The Morgan fingerprint density at radius 3 is 2.17 bits per heavy atom. The molecule has 3 rings (SSSR count). The lowest BCUT2D eigenvalue weighted by molar-refractivity contribution is -0.907. The maximum atomic E-state index is 10.7. The maximum Gasteiger partial charge on any atom is 0.269 e. The molecule has 0 aliphatic rings. The molecule has 0 fully saturated rings. The van der Waals surface area contributed by atoms with E-state index < -0.39 is 0 Å². The summed E-state index contributed by atoms with van der Waals surface area (Å²) in [5.41, 5.74) is 2.54. The molecule has 4 nitrogen and oxygen atoms in total. The van der Waals surface area contributed by atoms with Gasteiger partial charge in [-0.05, 0) is 29.0 Å². The Kier molecular flexibility index (Phi) is 4.35. The van der Waals surface area contributed by atoms with Crippen LogP contribution >= 0.6 is 0 Å². The monoisotopic (exact) mass is 307 g/mol. The van der Waals surface area contributed by atoms with Gasteiger partial charge < -0.3 is 4.90 Å². The van der Waals surface area contributed by atoms with E-state index in [1.54, 1.807) is 12.1 Å². The summed E-state index contributed by atoms with van der Waals surface area (Å²) in [5, 5.41) is 13.2. The molecule has 0 saturated carbocycles. The van der Waals surface area contributed by atoms with E-state index in [2.05, 4.69) is 43.4 Å². The normalized spacial score (nSPS) is 12.2. The predicted octanol–water partition coefficient (Wildman–Crippen LogP) is 2.96. The summed E-state index contributed by atoms with van der Waals surface area (Å²) < 4.78 is 0. The molecule has 23 heavy (non-hydrogen) atoms. The summed E-state index contributed by atoms with van der Waals surface area (Å²) in [5.74, 6) is 0. The van der Waals surface area contributed by atoms with Crippen molar-refractivity contribution in [2.45, 2.75) is 13.1 Å².